The number of carbonyl (C=O) groups excluding carboxylic acids is 1. The molecule has 5 atom stereocenters. The highest BCUT2D eigenvalue weighted by Gasteiger charge is 2.62. The molecule has 0 amide bonds. The first-order valence-electron chi connectivity index (χ1n) is 12.0. The summed E-state index contributed by atoms with van der Waals surface area (Å²) >= 11 is 0. The van der Waals surface area contributed by atoms with Gasteiger partial charge in [0.05, 0.1) is 0 Å². The maximum absolute atomic E-state index is 12.2. The van der Waals surface area contributed by atoms with E-state index in [9.17, 15) is 9.90 Å². The van der Waals surface area contributed by atoms with Crippen LogP contribution in [0.15, 0.2) is 41.0 Å². The van der Waals surface area contributed by atoms with Crippen molar-refractivity contribution >= 4 is 5.78 Å². The van der Waals surface area contributed by atoms with Gasteiger partial charge in [-0.1, -0.05) is 24.5 Å². The van der Waals surface area contributed by atoms with E-state index >= 15 is 0 Å². The minimum absolute atomic E-state index is 0.186. The van der Waals surface area contributed by atoms with Crippen molar-refractivity contribution in [1.29, 1.82) is 0 Å². The van der Waals surface area contributed by atoms with Crippen molar-refractivity contribution in [2.24, 2.45) is 17.3 Å². The third kappa shape index (κ3) is 2.70. The summed E-state index contributed by atoms with van der Waals surface area (Å²) in [4.78, 5) is 12.2. The van der Waals surface area contributed by atoms with E-state index in [1.807, 2.05) is 19.1 Å². The Balaban J connectivity index is 1.54. The Morgan fingerprint density at radius 3 is 2.81 bits per heavy atom. The van der Waals surface area contributed by atoms with Gasteiger partial charge in [-0.15, -0.1) is 5.92 Å². The monoisotopic (exact) mass is 430 g/mol. The van der Waals surface area contributed by atoms with Gasteiger partial charge in [0.1, 0.15) is 5.60 Å². The molecule has 6 rings (SSSR count). The van der Waals surface area contributed by atoms with Crippen molar-refractivity contribution in [2.45, 2.75) is 70.3 Å². The summed E-state index contributed by atoms with van der Waals surface area (Å²) in [7, 11) is 0. The number of fused-ring (bicyclic) bond motifs is 5. The van der Waals surface area contributed by atoms with E-state index < -0.39 is 5.60 Å². The Morgan fingerprint density at radius 1 is 1.12 bits per heavy atom. The van der Waals surface area contributed by atoms with E-state index in [0.717, 1.165) is 50.0 Å². The Kier molecular flexibility index (Phi) is 4.40. The second-order valence-corrected chi connectivity index (χ2v) is 10.4. The zero-order valence-corrected chi connectivity index (χ0v) is 18.9. The zero-order valence-electron chi connectivity index (χ0n) is 18.9. The van der Waals surface area contributed by atoms with Crippen molar-refractivity contribution in [3.8, 4) is 23.3 Å². The van der Waals surface area contributed by atoms with Crippen molar-refractivity contribution in [3.05, 3.63) is 46.6 Å². The number of rotatable bonds is 1. The van der Waals surface area contributed by atoms with Crippen LogP contribution in [0.2, 0.25) is 0 Å². The SMILES string of the molecule is CC#C[C@]1(O)CCC2C3CCC4=CC(=O)CCC4=C3C(c3ccc4c(c3)OCO4)CC21C. The third-order valence-corrected chi connectivity index (χ3v) is 9.02. The molecular formula is C28H30O4. The van der Waals surface area contributed by atoms with E-state index in [1.165, 1.54) is 22.3 Å². The Hall–Kier alpha value is -2.51. The smallest absolute Gasteiger partial charge is 0.231 e. The molecule has 4 unspecified atom stereocenters. The number of hydrogen-bond donors (Lipinski definition) is 1. The van der Waals surface area contributed by atoms with Crippen molar-refractivity contribution in [2.75, 3.05) is 6.79 Å². The van der Waals surface area contributed by atoms with Crippen LogP contribution in [0.25, 0.3) is 0 Å². The van der Waals surface area contributed by atoms with Crippen LogP contribution in [0.1, 0.15) is 70.3 Å². The molecule has 1 aromatic carbocycles. The molecule has 32 heavy (non-hydrogen) atoms. The van der Waals surface area contributed by atoms with Gasteiger partial charge >= 0.3 is 0 Å². The molecule has 2 saturated carbocycles. The molecule has 4 nitrogen and oxygen atoms in total. The van der Waals surface area contributed by atoms with Gasteiger partial charge in [-0.3, -0.25) is 4.79 Å². The number of carbonyl (C=O) groups is 1. The number of hydrogen-bond acceptors (Lipinski definition) is 4. The minimum atomic E-state index is -0.949. The van der Waals surface area contributed by atoms with Gasteiger partial charge in [0.2, 0.25) is 6.79 Å². The van der Waals surface area contributed by atoms with Gasteiger partial charge < -0.3 is 14.6 Å². The molecule has 2 fully saturated rings. The first-order valence-corrected chi connectivity index (χ1v) is 12.0. The molecule has 0 saturated heterocycles. The standard InChI is InChI=1S/C28H30O4/c1-3-11-28(30)12-10-23-21-7-4-17-13-19(29)6-8-20(17)26(21)22(15-27(23,28)2)18-5-9-24-25(14-18)32-16-31-24/h5,9,13-14,21-23,30H,4,6-8,10,12,15-16H2,1-2H3/t21?,22?,23?,27?,28-/m0/s1. The zero-order chi connectivity index (χ0) is 22.1. The fourth-order valence-corrected chi connectivity index (χ4v) is 7.51. The largest absolute Gasteiger partial charge is 0.454 e. The molecule has 1 N–H and O–H groups in total. The van der Waals surface area contributed by atoms with E-state index in [4.69, 9.17) is 9.47 Å². The second kappa shape index (κ2) is 6.99. The lowest BCUT2D eigenvalue weighted by Crippen LogP contribution is -2.51. The number of benzene rings is 1. The summed E-state index contributed by atoms with van der Waals surface area (Å²) in [6, 6.07) is 6.31. The fraction of sp³-hybridized carbons (Fsp3) is 0.536. The van der Waals surface area contributed by atoms with E-state index in [0.29, 0.717) is 18.3 Å². The lowest BCUT2D eigenvalue weighted by Gasteiger charge is -2.53. The highest BCUT2D eigenvalue weighted by Crippen LogP contribution is 2.66. The minimum Gasteiger partial charge on any atom is -0.454 e. The van der Waals surface area contributed by atoms with Crippen LogP contribution in [0.5, 0.6) is 11.5 Å². The number of allylic oxidation sites excluding steroid dienone is 4. The molecule has 1 aliphatic heterocycles. The summed E-state index contributed by atoms with van der Waals surface area (Å²) < 4.78 is 11.3. The molecule has 1 heterocycles. The summed E-state index contributed by atoms with van der Waals surface area (Å²) in [6.45, 7) is 4.36. The average Bonchev–Trinajstić information content (AvgIpc) is 3.35. The van der Waals surface area contributed by atoms with Crippen LogP contribution in [0.3, 0.4) is 0 Å². The summed E-state index contributed by atoms with van der Waals surface area (Å²) in [6.07, 6.45) is 7.98. The Bertz CT molecular complexity index is 1130. The Labute approximate surface area is 189 Å². The van der Waals surface area contributed by atoms with Crippen LogP contribution < -0.4 is 9.47 Å². The lowest BCUT2D eigenvalue weighted by molar-refractivity contribution is -0.114. The molecule has 4 aliphatic carbocycles. The topological polar surface area (TPSA) is 55.8 Å². The first kappa shape index (κ1) is 20.1. The fourth-order valence-electron chi connectivity index (χ4n) is 7.51. The van der Waals surface area contributed by atoms with Crippen molar-refractivity contribution in [1.82, 2.24) is 0 Å². The molecule has 0 aromatic heterocycles. The highest BCUT2D eigenvalue weighted by molar-refractivity contribution is 5.93. The molecule has 0 spiro atoms. The van der Waals surface area contributed by atoms with Crippen LogP contribution in [0.4, 0.5) is 0 Å². The number of ketones is 1. The van der Waals surface area contributed by atoms with E-state index in [1.54, 1.807) is 0 Å². The number of aliphatic hydroxyl groups is 1. The quantitative estimate of drug-likeness (QED) is 0.632. The molecule has 0 radical (unpaired) electrons. The van der Waals surface area contributed by atoms with Crippen LogP contribution in [0, 0.1) is 29.1 Å². The van der Waals surface area contributed by atoms with Crippen molar-refractivity contribution < 1.29 is 19.4 Å². The molecule has 0 bridgehead atoms. The van der Waals surface area contributed by atoms with Crippen LogP contribution in [-0.4, -0.2) is 23.3 Å². The lowest BCUT2D eigenvalue weighted by atomic mass is 9.51. The van der Waals surface area contributed by atoms with Gasteiger partial charge in [-0.25, -0.2) is 0 Å². The van der Waals surface area contributed by atoms with Gasteiger partial charge in [0, 0.05) is 17.8 Å². The maximum Gasteiger partial charge on any atom is 0.231 e. The van der Waals surface area contributed by atoms with E-state index in [-0.39, 0.29) is 23.9 Å². The van der Waals surface area contributed by atoms with Gasteiger partial charge in [0.15, 0.2) is 17.3 Å². The summed E-state index contributed by atoms with van der Waals surface area (Å²) in [5.74, 6) is 9.14. The predicted octanol–water partition coefficient (Wildman–Crippen LogP) is 5.07. The van der Waals surface area contributed by atoms with Gasteiger partial charge in [0.25, 0.3) is 0 Å². The molecule has 1 aromatic rings. The number of ether oxygens (including phenoxy) is 2. The molecule has 4 heteroatoms. The average molecular weight is 431 g/mol. The van der Waals surface area contributed by atoms with Gasteiger partial charge in [-0.05, 0) is 92.2 Å². The highest BCUT2D eigenvalue weighted by atomic mass is 16.7. The van der Waals surface area contributed by atoms with Crippen LogP contribution >= 0.6 is 0 Å². The molecule has 5 aliphatic rings. The second-order valence-electron chi connectivity index (χ2n) is 10.4. The van der Waals surface area contributed by atoms with Crippen molar-refractivity contribution in [3.63, 3.8) is 0 Å². The molecular weight excluding hydrogens is 400 g/mol. The van der Waals surface area contributed by atoms with E-state index in [2.05, 4.69) is 30.9 Å². The predicted molar refractivity (Wildman–Crippen MR) is 121 cm³/mol. The van der Waals surface area contributed by atoms with Gasteiger partial charge in [-0.2, -0.15) is 0 Å². The normalized spacial score (nSPS) is 37.2. The van der Waals surface area contributed by atoms with Crippen LogP contribution in [-0.2, 0) is 4.79 Å². The summed E-state index contributed by atoms with van der Waals surface area (Å²) in [5.41, 5.74) is 4.20. The molecule has 166 valence electrons. The maximum atomic E-state index is 12.2. The summed E-state index contributed by atoms with van der Waals surface area (Å²) in [5, 5.41) is 11.7. The third-order valence-electron chi connectivity index (χ3n) is 9.02. The first-order chi connectivity index (χ1) is 15.4. The Morgan fingerprint density at radius 2 is 1.97 bits per heavy atom.